The van der Waals surface area contributed by atoms with Crippen LogP contribution in [0.15, 0.2) is 42.5 Å². The molecule has 0 heterocycles. The fourth-order valence-electron chi connectivity index (χ4n) is 3.76. The van der Waals surface area contributed by atoms with Crippen molar-refractivity contribution in [1.82, 2.24) is 10.6 Å². The Morgan fingerprint density at radius 1 is 0.971 bits per heavy atom. The summed E-state index contributed by atoms with van der Waals surface area (Å²) in [5, 5.41) is 13.3. The molecule has 0 unspecified atom stereocenters. The van der Waals surface area contributed by atoms with E-state index >= 15 is 0 Å². The van der Waals surface area contributed by atoms with E-state index in [1.54, 1.807) is 24.3 Å². The monoisotopic (exact) mass is 496 g/mol. The quantitative estimate of drug-likeness (QED) is 0.397. The van der Waals surface area contributed by atoms with Crippen LogP contribution in [0.25, 0.3) is 11.1 Å². The number of carboxylic acid groups (broad SMARTS) is 1. The molecule has 3 N–H and O–H groups in total. The van der Waals surface area contributed by atoms with Crippen molar-refractivity contribution in [3.63, 3.8) is 0 Å². The molecule has 1 aliphatic carbocycles. The molecule has 1 fully saturated rings. The van der Waals surface area contributed by atoms with E-state index in [-0.39, 0.29) is 30.0 Å². The van der Waals surface area contributed by atoms with Crippen LogP contribution in [0.1, 0.15) is 48.5 Å². The van der Waals surface area contributed by atoms with E-state index in [4.69, 9.17) is 9.90 Å². The number of nitrogens with one attached hydrogen (secondary N) is 2. The van der Waals surface area contributed by atoms with Gasteiger partial charge in [0.05, 0.1) is 0 Å². The number of Topliss-reactive ketones (excluding diaryl/α,β-unsaturated/α-hetero) is 1. The Hall–Kier alpha value is -3.27. The van der Waals surface area contributed by atoms with Crippen molar-refractivity contribution in [2.75, 3.05) is 7.05 Å². The summed E-state index contributed by atoms with van der Waals surface area (Å²) in [7, 11) is 1.95. The van der Waals surface area contributed by atoms with Gasteiger partial charge in [-0.15, -0.1) is 0 Å². The van der Waals surface area contributed by atoms with Crippen molar-refractivity contribution < 1.29 is 37.1 Å². The van der Waals surface area contributed by atoms with Crippen LogP contribution in [0.2, 0.25) is 0 Å². The van der Waals surface area contributed by atoms with Gasteiger partial charge in [-0.1, -0.05) is 30.3 Å². The first-order chi connectivity index (χ1) is 16.4. The van der Waals surface area contributed by atoms with Crippen molar-refractivity contribution in [3.05, 3.63) is 59.4 Å². The first-order valence-electron chi connectivity index (χ1n) is 11.1. The minimum absolute atomic E-state index is 0.00478. The van der Waals surface area contributed by atoms with E-state index in [2.05, 4.69) is 10.6 Å². The molecule has 10 heteroatoms. The number of aliphatic carboxylic acids is 1. The molecule has 0 saturated heterocycles. The number of halogens is 4. The maximum absolute atomic E-state index is 14.2. The van der Waals surface area contributed by atoms with Gasteiger partial charge in [0, 0.05) is 29.6 Å². The number of amides is 1. The van der Waals surface area contributed by atoms with Crippen molar-refractivity contribution in [2.24, 2.45) is 5.92 Å². The van der Waals surface area contributed by atoms with Crippen molar-refractivity contribution in [1.29, 1.82) is 0 Å². The minimum atomic E-state index is -5.08. The number of carbonyl (C=O) groups excluding carboxylic acids is 2. The zero-order valence-corrected chi connectivity index (χ0v) is 19.4. The molecule has 1 amide bonds. The normalized spacial score (nSPS) is 17.7. The summed E-state index contributed by atoms with van der Waals surface area (Å²) in [6.45, 7) is 1.70. The molecule has 1 saturated carbocycles. The van der Waals surface area contributed by atoms with E-state index in [9.17, 15) is 27.2 Å². The van der Waals surface area contributed by atoms with Gasteiger partial charge in [0.1, 0.15) is 5.82 Å². The van der Waals surface area contributed by atoms with Gasteiger partial charge in [-0.3, -0.25) is 9.59 Å². The Labute approximate surface area is 200 Å². The fourth-order valence-corrected chi connectivity index (χ4v) is 3.76. The van der Waals surface area contributed by atoms with Gasteiger partial charge in [-0.2, -0.15) is 13.2 Å². The summed E-state index contributed by atoms with van der Waals surface area (Å²) < 4.78 is 46.0. The molecular formula is C25H28F4N2O4. The molecule has 6 nitrogen and oxygen atoms in total. The summed E-state index contributed by atoms with van der Waals surface area (Å²) in [6, 6.07) is 12.6. The highest BCUT2D eigenvalue weighted by Gasteiger charge is 2.38. The third-order valence-electron chi connectivity index (χ3n) is 5.87. The highest BCUT2D eigenvalue weighted by atomic mass is 19.4. The molecule has 0 atom stereocenters. The van der Waals surface area contributed by atoms with Crippen molar-refractivity contribution in [2.45, 2.75) is 51.4 Å². The first kappa shape index (κ1) is 28.0. The van der Waals surface area contributed by atoms with Crippen LogP contribution in [0, 0.1) is 11.7 Å². The van der Waals surface area contributed by atoms with Gasteiger partial charge in [-0.05, 0) is 62.9 Å². The SMILES string of the molecule is CNC1CCC(C(=O)NCc2cc(-c3ccc(C(C)=O)cc3)ccc2F)CC1.O=C(O)C(F)(F)F. The largest absolute Gasteiger partial charge is 0.490 e. The third kappa shape index (κ3) is 8.47. The maximum atomic E-state index is 14.2. The lowest BCUT2D eigenvalue weighted by molar-refractivity contribution is -0.192. The Kier molecular flexibility index (Phi) is 9.94. The summed E-state index contributed by atoms with van der Waals surface area (Å²) in [6.07, 6.45) is -1.37. The Bertz CT molecular complexity index is 1030. The second-order valence-electron chi connectivity index (χ2n) is 8.30. The van der Waals surface area contributed by atoms with E-state index in [1.165, 1.54) is 13.0 Å². The number of benzene rings is 2. The molecule has 35 heavy (non-hydrogen) atoms. The molecule has 0 radical (unpaired) electrons. The molecule has 190 valence electrons. The lowest BCUT2D eigenvalue weighted by atomic mass is 9.85. The zero-order chi connectivity index (χ0) is 26.2. The molecule has 0 bridgehead atoms. The number of hydrogen-bond acceptors (Lipinski definition) is 4. The topological polar surface area (TPSA) is 95.5 Å². The first-order valence-corrected chi connectivity index (χ1v) is 11.1. The summed E-state index contributed by atoms with van der Waals surface area (Å²) in [4.78, 5) is 32.8. The van der Waals surface area contributed by atoms with Gasteiger partial charge >= 0.3 is 12.1 Å². The fraction of sp³-hybridized carbons (Fsp3) is 0.400. The average molecular weight is 497 g/mol. The van der Waals surface area contributed by atoms with Crippen molar-refractivity contribution in [3.8, 4) is 11.1 Å². The predicted octanol–water partition coefficient (Wildman–Crippen LogP) is 4.72. The van der Waals surface area contributed by atoms with Crippen LogP contribution < -0.4 is 10.6 Å². The van der Waals surface area contributed by atoms with Crippen LogP contribution in [-0.2, 0) is 16.1 Å². The smallest absolute Gasteiger partial charge is 0.475 e. The molecule has 0 spiro atoms. The number of ketones is 1. The van der Waals surface area contributed by atoms with E-state index in [0.29, 0.717) is 17.2 Å². The van der Waals surface area contributed by atoms with Crippen LogP contribution in [0.5, 0.6) is 0 Å². The Morgan fingerprint density at radius 2 is 1.51 bits per heavy atom. The van der Waals surface area contributed by atoms with Gasteiger partial charge in [0.25, 0.3) is 0 Å². The molecule has 1 aliphatic rings. The minimum Gasteiger partial charge on any atom is -0.475 e. The second-order valence-corrected chi connectivity index (χ2v) is 8.30. The van der Waals surface area contributed by atoms with Gasteiger partial charge in [-0.25, -0.2) is 9.18 Å². The average Bonchev–Trinajstić information content (AvgIpc) is 2.83. The Morgan fingerprint density at radius 3 is 2.00 bits per heavy atom. The number of carboxylic acids is 1. The Balaban J connectivity index is 0.000000540. The van der Waals surface area contributed by atoms with E-state index < -0.39 is 12.1 Å². The molecule has 0 aromatic heterocycles. The van der Waals surface area contributed by atoms with E-state index in [1.807, 2.05) is 19.2 Å². The number of alkyl halides is 3. The maximum Gasteiger partial charge on any atom is 0.490 e. The number of carbonyl (C=O) groups is 3. The summed E-state index contributed by atoms with van der Waals surface area (Å²) in [5.74, 6) is -3.06. The highest BCUT2D eigenvalue weighted by Crippen LogP contribution is 2.25. The highest BCUT2D eigenvalue weighted by molar-refractivity contribution is 5.94. The lowest BCUT2D eigenvalue weighted by Crippen LogP contribution is -2.37. The number of rotatable bonds is 6. The summed E-state index contributed by atoms with van der Waals surface area (Å²) in [5.41, 5.74) is 2.87. The standard InChI is InChI=1S/C23H27FN2O2.C2HF3O2/c1-15(27)16-3-5-17(6-4-16)19-9-12-22(24)20(13-19)14-26-23(28)18-7-10-21(25-2)11-8-18;3-2(4,5)1(6)7/h3-6,9,12-13,18,21,25H,7-8,10-11,14H2,1-2H3,(H,26,28);(H,6,7). The van der Waals surface area contributed by atoms with Gasteiger partial charge in [0.15, 0.2) is 5.78 Å². The molecule has 3 rings (SSSR count). The van der Waals surface area contributed by atoms with Crippen LogP contribution >= 0.6 is 0 Å². The van der Waals surface area contributed by atoms with Crippen molar-refractivity contribution >= 4 is 17.7 Å². The second kappa shape index (κ2) is 12.4. The molecule has 0 aliphatic heterocycles. The zero-order valence-electron chi connectivity index (χ0n) is 19.4. The number of hydrogen-bond donors (Lipinski definition) is 3. The van der Waals surface area contributed by atoms with Gasteiger partial charge < -0.3 is 15.7 Å². The predicted molar refractivity (Wildman–Crippen MR) is 122 cm³/mol. The molecule has 2 aromatic carbocycles. The van der Waals surface area contributed by atoms with E-state index in [0.717, 1.165) is 36.8 Å². The van der Waals surface area contributed by atoms with Crippen LogP contribution in [-0.4, -0.2) is 42.0 Å². The van der Waals surface area contributed by atoms with Crippen LogP contribution in [0.3, 0.4) is 0 Å². The lowest BCUT2D eigenvalue weighted by Gasteiger charge is -2.27. The molecule has 2 aromatic rings. The third-order valence-corrected chi connectivity index (χ3v) is 5.87. The summed E-state index contributed by atoms with van der Waals surface area (Å²) >= 11 is 0. The van der Waals surface area contributed by atoms with Gasteiger partial charge in [0.2, 0.25) is 5.91 Å². The molecular weight excluding hydrogens is 468 g/mol. The van der Waals surface area contributed by atoms with Crippen LogP contribution in [0.4, 0.5) is 17.6 Å².